The standard InChI is InChI=1S/C9H19OPS/c1-4-5-8(10-2)6-7-9(11)12-3/h8,11H,4-7H2,1-3H3. The van der Waals surface area contributed by atoms with Crippen molar-refractivity contribution in [3.63, 3.8) is 0 Å². The summed E-state index contributed by atoms with van der Waals surface area (Å²) in [7, 11) is 5.36. The summed E-state index contributed by atoms with van der Waals surface area (Å²) >= 11 is 1.77. The first kappa shape index (κ1) is 12.5. The molecule has 0 spiro atoms. The zero-order chi connectivity index (χ0) is 9.40. The van der Waals surface area contributed by atoms with E-state index in [1.165, 1.54) is 17.5 Å². The Morgan fingerprint density at radius 2 is 2.17 bits per heavy atom. The minimum absolute atomic E-state index is 0.438. The largest absolute Gasteiger partial charge is 0.381 e. The topological polar surface area (TPSA) is 9.23 Å². The predicted octanol–water partition coefficient (Wildman–Crippen LogP) is 3.22. The number of hydrogen-bond acceptors (Lipinski definition) is 2. The molecule has 3 heteroatoms. The fraction of sp³-hybridized carbons (Fsp3) is 0.889. The maximum Gasteiger partial charge on any atom is 0.0574 e. The first-order chi connectivity index (χ1) is 5.74. The summed E-state index contributed by atoms with van der Waals surface area (Å²) in [4.78, 5) is 0. The van der Waals surface area contributed by atoms with Gasteiger partial charge in [0.2, 0.25) is 0 Å². The lowest BCUT2D eigenvalue weighted by molar-refractivity contribution is 0.0894. The van der Waals surface area contributed by atoms with E-state index in [0.717, 1.165) is 12.8 Å². The summed E-state index contributed by atoms with van der Waals surface area (Å²) in [5.41, 5.74) is 0. The predicted molar refractivity (Wildman–Crippen MR) is 61.8 cm³/mol. The van der Waals surface area contributed by atoms with Crippen molar-refractivity contribution in [2.45, 2.75) is 38.7 Å². The van der Waals surface area contributed by atoms with E-state index in [1.54, 1.807) is 18.9 Å². The lowest BCUT2D eigenvalue weighted by Gasteiger charge is -2.13. The highest BCUT2D eigenvalue weighted by atomic mass is 32.2. The average Bonchev–Trinajstić information content (AvgIpc) is 2.11. The van der Waals surface area contributed by atoms with Gasteiger partial charge in [-0.3, -0.25) is 0 Å². The summed E-state index contributed by atoms with van der Waals surface area (Å²) in [6.07, 6.45) is 7.14. The van der Waals surface area contributed by atoms with Crippen LogP contribution in [0.5, 0.6) is 0 Å². The fourth-order valence-corrected chi connectivity index (χ4v) is 1.56. The Labute approximate surface area is 82.5 Å². The van der Waals surface area contributed by atoms with E-state index in [-0.39, 0.29) is 0 Å². The van der Waals surface area contributed by atoms with Gasteiger partial charge in [-0.1, -0.05) is 13.3 Å². The van der Waals surface area contributed by atoms with Crippen LogP contribution in [0.3, 0.4) is 0 Å². The minimum Gasteiger partial charge on any atom is -0.381 e. The van der Waals surface area contributed by atoms with Gasteiger partial charge >= 0.3 is 0 Å². The molecule has 0 bridgehead atoms. The molecule has 0 saturated heterocycles. The van der Waals surface area contributed by atoms with Crippen molar-refractivity contribution in [1.29, 1.82) is 0 Å². The Bertz CT molecular complexity index is 128. The van der Waals surface area contributed by atoms with Crippen LogP contribution in [0.2, 0.25) is 0 Å². The molecule has 0 aliphatic rings. The van der Waals surface area contributed by atoms with Gasteiger partial charge in [-0.25, -0.2) is 0 Å². The van der Waals surface area contributed by atoms with Gasteiger partial charge in [-0.05, 0) is 25.5 Å². The molecular formula is C9H19OPS. The molecule has 0 rings (SSSR count). The van der Waals surface area contributed by atoms with E-state index in [0.29, 0.717) is 6.10 Å². The molecule has 0 heterocycles. The van der Waals surface area contributed by atoms with Crippen molar-refractivity contribution in [1.82, 2.24) is 0 Å². The SMILES string of the molecule is CCCC(CCC(=P)SC)OC. The van der Waals surface area contributed by atoms with Crippen molar-refractivity contribution in [2.75, 3.05) is 13.4 Å². The van der Waals surface area contributed by atoms with Gasteiger partial charge in [0.05, 0.1) is 6.10 Å². The third kappa shape index (κ3) is 6.05. The molecule has 0 fully saturated rings. The third-order valence-electron chi connectivity index (χ3n) is 1.88. The van der Waals surface area contributed by atoms with Crippen molar-refractivity contribution >= 4 is 25.3 Å². The highest BCUT2D eigenvalue weighted by Gasteiger charge is 2.05. The Kier molecular flexibility index (Phi) is 8.42. The average molecular weight is 206 g/mol. The van der Waals surface area contributed by atoms with Gasteiger partial charge in [0.1, 0.15) is 0 Å². The zero-order valence-corrected chi connectivity index (χ0v) is 10.0. The number of hydrogen-bond donors (Lipinski definition) is 0. The van der Waals surface area contributed by atoms with Crippen LogP contribution in [0.1, 0.15) is 32.6 Å². The maximum atomic E-state index is 5.34. The quantitative estimate of drug-likeness (QED) is 0.591. The number of thioether (sulfide) groups is 1. The molecule has 0 radical (unpaired) electrons. The molecule has 72 valence electrons. The molecule has 0 aromatic rings. The fourth-order valence-electron chi connectivity index (χ4n) is 1.10. The van der Waals surface area contributed by atoms with Gasteiger partial charge in [0.15, 0.2) is 0 Å². The highest BCUT2D eigenvalue weighted by molar-refractivity contribution is 8.17. The maximum absolute atomic E-state index is 5.34. The Hall–Kier alpha value is 0.480. The third-order valence-corrected chi connectivity index (χ3v) is 3.44. The van der Waals surface area contributed by atoms with Gasteiger partial charge in [-0.2, -0.15) is 0 Å². The number of rotatable bonds is 7. The van der Waals surface area contributed by atoms with Crippen LogP contribution in [0, 0.1) is 0 Å². The number of methoxy groups -OCH3 is 1. The van der Waals surface area contributed by atoms with Gasteiger partial charge in [0, 0.05) is 11.7 Å². The summed E-state index contributed by atoms with van der Waals surface area (Å²) < 4.78 is 6.65. The van der Waals surface area contributed by atoms with Crippen molar-refractivity contribution in [3.8, 4) is 0 Å². The molecule has 0 aliphatic heterocycles. The Morgan fingerprint density at radius 3 is 2.58 bits per heavy atom. The van der Waals surface area contributed by atoms with Crippen LogP contribution in [-0.4, -0.2) is 24.1 Å². The minimum atomic E-state index is 0.438. The lowest BCUT2D eigenvalue weighted by atomic mass is 10.1. The van der Waals surface area contributed by atoms with Crippen LogP contribution >= 0.6 is 20.6 Å². The van der Waals surface area contributed by atoms with E-state index in [9.17, 15) is 0 Å². The second kappa shape index (κ2) is 8.10. The molecule has 1 atom stereocenters. The molecule has 0 N–H and O–H groups in total. The van der Waals surface area contributed by atoms with Crippen LogP contribution < -0.4 is 0 Å². The van der Waals surface area contributed by atoms with Crippen LogP contribution in [-0.2, 0) is 4.74 Å². The first-order valence-corrected chi connectivity index (χ1v) is 6.11. The molecule has 0 saturated carbocycles. The number of ether oxygens (including phenoxy) is 1. The van der Waals surface area contributed by atoms with E-state index >= 15 is 0 Å². The van der Waals surface area contributed by atoms with Crippen molar-refractivity contribution < 1.29 is 4.74 Å². The van der Waals surface area contributed by atoms with Crippen molar-refractivity contribution in [3.05, 3.63) is 0 Å². The summed E-state index contributed by atoms with van der Waals surface area (Å²) in [6.45, 7) is 2.19. The molecular weight excluding hydrogens is 187 g/mol. The Balaban J connectivity index is 3.50. The van der Waals surface area contributed by atoms with E-state index < -0.39 is 0 Å². The second-order valence-electron chi connectivity index (χ2n) is 2.81. The highest BCUT2D eigenvalue weighted by Crippen LogP contribution is 2.13. The molecule has 0 aromatic carbocycles. The van der Waals surface area contributed by atoms with Gasteiger partial charge in [-0.15, -0.1) is 20.6 Å². The van der Waals surface area contributed by atoms with Crippen LogP contribution in [0.25, 0.3) is 0 Å². The molecule has 12 heavy (non-hydrogen) atoms. The molecule has 0 amide bonds. The lowest BCUT2D eigenvalue weighted by Crippen LogP contribution is -2.10. The normalized spacial score (nSPS) is 12.9. The van der Waals surface area contributed by atoms with E-state index in [2.05, 4.69) is 22.0 Å². The zero-order valence-electron chi connectivity index (χ0n) is 8.22. The van der Waals surface area contributed by atoms with Gasteiger partial charge < -0.3 is 4.74 Å². The Morgan fingerprint density at radius 1 is 1.50 bits per heavy atom. The van der Waals surface area contributed by atoms with Crippen LogP contribution in [0.15, 0.2) is 0 Å². The smallest absolute Gasteiger partial charge is 0.0574 e. The molecule has 0 aromatic heterocycles. The summed E-state index contributed by atoms with van der Waals surface area (Å²) in [6, 6.07) is 0. The molecule has 1 unspecified atom stereocenters. The van der Waals surface area contributed by atoms with E-state index in [1.807, 2.05) is 0 Å². The monoisotopic (exact) mass is 206 g/mol. The van der Waals surface area contributed by atoms with Crippen molar-refractivity contribution in [2.24, 2.45) is 0 Å². The van der Waals surface area contributed by atoms with E-state index in [4.69, 9.17) is 4.74 Å². The summed E-state index contributed by atoms with van der Waals surface area (Å²) in [5.74, 6) is 0. The van der Waals surface area contributed by atoms with Gasteiger partial charge in [0.25, 0.3) is 0 Å². The first-order valence-electron chi connectivity index (χ1n) is 4.38. The molecule has 1 nitrogen and oxygen atoms in total. The molecule has 0 aliphatic carbocycles. The summed E-state index contributed by atoms with van der Waals surface area (Å²) in [5, 5.41) is 0. The van der Waals surface area contributed by atoms with Crippen LogP contribution in [0.4, 0.5) is 0 Å². The second-order valence-corrected chi connectivity index (χ2v) is 4.68.